The van der Waals surface area contributed by atoms with E-state index in [0.29, 0.717) is 0 Å². The molecule has 380 valence electrons. The summed E-state index contributed by atoms with van der Waals surface area (Å²) < 4.78 is 61.5. The molecule has 6 aliphatic heterocycles. The lowest BCUT2D eigenvalue weighted by Crippen LogP contribution is -2.68. The van der Waals surface area contributed by atoms with Gasteiger partial charge in [-0.1, -0.05) is 0 Å². The zero-order valence-electron chi connectivity index (χ0n) is 34.7. The molecule has 29 nitrogen and oxygen atoms in total. The van der Waals surface area contributed by atoms with Crippen LogP contribution in [0.2, 0.25) is 0 Å². The fraction of sp³-hybridized carbons (Fsp3) is 1.00. The summed E-state index contributed by atoms with van der Waals surface area (Å²) >= 11 is 0. The number of aliphatic hydroxyl groups excluding tert-OH is 18. The van der Waals surface area contributed by atoms with Crippen LogP contribution in [-0.2, 0) is 52.1 Å². The quantitative estimate of drug-likeness (QED) is 0.0724. The largest absolute Gasteiger partial charge is 0.394 e. The van der Waals surface area contributed by atoms with Gasteiger partial charge >= 0.3 is 0 Å². The highest BCUT2D eigenvalue weighted by Gasteiger charge is 2.58. The van der Waals surface area contributed by atoms with Gasteiger partial charge in [-0.05, 0) is 13.8 Å². The van der Waals surface area contributed by atoms with Crippen molar-refractivity contribution in [2.75, 3.05) is 26.4 Å². The molecule has 0 saturated carbocycles. The predicted molar refractivity (Wildman–Crippen MR) is 196 cm³/mol. The Balaban J connectivity index is 1.19. The van der Waals surface area contributed by atoms with Crippen LogP contribution < -0.4 is 0 Å². The topological polar surface area (TPSA) is 466 Å². The molecule has 0 aromatic heterocycles. The minimum absolute atomic E-state index is 0.815. The molecule has 18 N–H and O–H groups in total. The average molecular weight is 959 g/mol. The Morgan fingerprint density at radius 1 is 0.354 bits per heavy atom. The van der Waals surface area contributed by atoms with E-state index < -0.39 is 211 Å². The lowest BCUT2D eigenvalue weighted by atomic mass is 9.95. The normalized spacial score (nSPS) is 53.8. The summed E-state index contributed by atoms with van der Waals surface area (Å²) in [6.07, 6.45) is -54.8. The lowest BCUT2D eigenvalue weighted by molar-refractivity contribution is -0.399. The van der Waals surface area contributed by atoms with Crippen LogP contribution in [-0.4, -0.2) is 303 Å². The Kier molecular flexibility index (Phi) is 18.2. The number of ether oxygens (including phenoxy) is 11. The molecule has 0 aliphatic carbocycles. The Morgan fingerprint density at radius 3 is 1.20 bits per heavy atom. The van der Waals surface area contributed by atoms with Crippen molar-refractivity contribution >= 4 is 0 Å². The second-order valence-electron chi connectivity index (χ2n) is 16.7. The fourth-order valence-corrected chi connectivity index (χ4v) is 8.39. The first-order chi connectivity index (χ1) is 30.7. The number of rotatable bonds is 15. The number of aliphatic hydroxyl groups is 18. The van der Waals surface area contributed by atoms with Crippen LogP contribution >= 0.6 is 0 Å². The van der Waals surface area contributed by atoms with Gasteiger partial charge < -0.3 is 144 Å². The van der Waals surface area contributed by atoms with Gasteiger partial charge in [0.05, 0.1) is 38.6 Å². The summed E-state index contributed by atoms with van der Waals surface area (Å²) in [5.74, 6) is 0. The van der Waals surface area contributed by atoms with Crippen molar-refractivity contribution in [1.82, 2.24) is 0 Å². The maximum absolute atomic E-state index is 11.6. The van der Waals surface area contributed by atoms with Crippen LogP contribution in [0.1, 0.15) is 13.8 Å². The van der Waals surface area contributed by atoms with Crippen molar-refractivity contribution in [3.8, 4) is 0 Å². The molecule has 0 spiro atoms. The van der Waals surface area contributed by atoms with Crippen molar-refractivity contribution in [1.29, 1.82) is 0 Å². The van der Waals surface area contributed by atoms with E-state index in [9.17, 15) is 91.9 Å². The second-order valence-corrected chi connectivity index (χ2v) is 16.7. The van der Waals surface area contributed by atoms with Crippen molar-refractivity contribution in [3.63, 3.8) is 0 Å². The average Bonchev–Trinajstić information content (AvgIpc) is 3.56. The molecule has 65 heavy (non-hydrogen) atoms. The first-order valence-corrected chi connectivity index (χ1v) is 20.9. The van der Waals surface area contributed by atoms with E-state index in [-0.39, 0.29) is 0 Å². The maximum atomic E-state index is 11.6. The molecule has 0 aromatic carbocycles. The summed E-state index contributed by atoms with van der Waals surface area (Å²) in [5.41, 5.74) is 0. The zero-order chi connectivity index (χ0) is 47.9. The van der Waals surface area contributed by atoms with Crippen LogP contribution in [0, 0.1) is 0 Å². The summed E-state index contributed by atoms with van der Waals surface area (Å²) in [6, 6.07) is 0. The molecule has 30 atom stereocenters. The van der Waals surface area contributed by atoms with E-state index in [1.54, 1.807) is 0 Å². The first kappa shape index (κ1) is 53.2. The molecule has 6 aliphatic rings. The molecule has 6 saturated heterocycles. The Bertz CT molecular complexity index is 1470. The summed E-state index contributed by atoms with van der Waals surface area (Å²) in [5, 5.41) is 191. The van der Waals surface area contributed by atoms with Gasteiger partial charge in [-0.2, -0.15) is 0 Å². The van der Waals surface area contributed by atoms with Gasteiger partial charge in [0, 0.05) is 0 Å². The lowest BCUT2D eigenvalue weighted by Gasteiger charge is -2.50. The highest BCUT2D eigenvalue weighted by Crippen LogP contribution is 2.37. The van der Waals surface area contributed by atoms with E-state index >= 15 is 0 Å². The number of hydrogen-bond donors (Lipinski definition) is 18. The van der Waals surface area contributed by atoms with E-state index in [0.717, 1.165) is 0 Å². The van der Waals surface area contributed by atoms with E-state index in [1.165, 1.54) is 13.8 Å². The van der Waals surface area contributed by atoms with Gasteiger partial charge in [-0.3, -0.25) is 0 Å². The molecule has 0 radical (unpaired) electrons. The minimum Gasteiger partial charge on any atom is -0.394 e. The Morgan fingerprint density at radius 2 is 0.723 bits per heavy atom. The van der Waals surface area contributed by atoms with Crippen LogP contribution in [0.3, 0.4) is 0 Å². The monoisotopic (exact) mass is 958 g/mol. The SMILES string of the molecule is C[C@@H]1O[C@@H](O[C@@H]2[C@H](O)[C@@H](O[C@@H]3[C@@H](O)[C@H](C)O[C@@H](O[C@@H]4[C@@H](O)[C@H](O)O[C@H](CO)[C@H]4O)[C@@H]3O)O[C@H](CO)[C@H]2O)[C@H](O[C@H]2O[C@H](CO)[C@H](O)[C@H](O[C@H]3O[C@@H]([C@H](O)CO)[C@H](O)[C@H]3O)[C@H]2O)[C@H](O)[C@H]1O. The summed E-state index contributed by atoms with van der Waals surface area (Å²) in [4.78, 5) is 0. The van der Waals surface area contributed by atoms with Crippen molar-refractivity contribution in [3.05, 3.63) is 0 Å². The standard InChI is InChI=1S/C36H62O29/c1-7-13(42)18(47)30(65-35-23(52)28(16(45)11(5-39)59-35)63-32-20(49)19(48)25(60-32)9(41)3-37)36(56-7)64-29-17(46)12(6-40)58-34(24(29)53)61-26-14(43)8(2)55-33(22(26)51)62-27-15(44)10(4-38)57-31(54)21(27)50/h7-54H,3-6H2,1-2H3/t7-,8-,9+,10+,11+,12+,13-,14-,15+,16-,17+,18+,19+,20+,21+,22+,23+,24-,25-,26+,27-,28-,29-,30+,31+,32+,33-,34+,35+,36-/m0/s1. The molecule has 6 fully saturated rings. The van der Waals surface area contributed by atoms with Gasteiger partial charge in [-0.25, -0.2) is 0 Å². The Hall–Kier alpha value is -1.16. The fourth-order valence-electron chi connectivity index (χ4n) is 8.39. The van der Waals surface area contributed by atoms with Crippen molar-refractivity contribution in [2.45, 2.75) is 198 Å². The molecule has 0 unspecified atom stereocenters. The maximum Gasteiger partial charge on any atom is 0.187 e. The third-order valence-corrected chi connectivity index (χ3v) is 12.3. The molecular formula is C36H62O29. The third kappa shape index (κ3) is 10.8. The first-order valence-electron chi connectivity index (χ1n) is 20.9. The van der Waals surface area contributed by atoms with Crippen LogP contribution in [0.25, 0.3) is 0 Å². The van der Waals surface area contributed by atoms with Gasteiger partial charge in [0.1, 0.15) is 134 Å². The highest BCUT2D eigenvalue weighted by atomic mass is 16.8. The smallest absolute Gasteiger partial charge is 0.187 e. The van der Waals surface area contributed by atoms with Crippen LogP contribution in [0.4, 0.5) is 0 Å². The number of hydrogen-bond acceptors (Lipinski definition) is 29. The van der Waals surface area contributed by atoms with Gasteiger partial charge in [-0.15, -0.1) is 0 Å². The summed E-state index contributed by atoms with van der Waals surface area (Å²) in [7, 11) is 0. The highest BCUT2D eigenvalue weighted by molar-refractivity contribution is 4.99. The zero-order valence-corrected chi connectivity index (χ0v) is 34.7. The minimum atomic E-state index is -2.16. The third-order valence-electron chi connectivity index (χ3n) is 12.3. The molecule has 29 heteroatoms. The molecule has 6 heterocycles. The second kappa shape index (κ2) is 22.3. The van der Waals surface area contributed by atoms with E-state index in [2.05, 4.69) is 0 Å². The van der Waals surface area contributed by atoms with E-state index in [1.807, 2.05) is 0 Å². The molecule has 0 aromatic rings. The Labute approximate surface area is 368 Å². The summed E-state index contributed by atoms with van der Waals surface area (Å²) in [6.45, 7) is -1.06. The van der Waals surface area contributed by atoms with Gasteiger partial charge in [0.15, 0.2) is 37.7 Å². The van der Waals surface area contributed by atoms with Gasteiger partial charge in [0.25, 0.3) is 0 Å². The molecule has 6 rings (SSSR count). The molecule has 0 bridgehead atoms. The van der Waals surface area contributed by atoms with Crippen LogP contribution in [0.15, 0.2) is 0 Å². The molecule has 0 amide bonds. The van der Waals surface area contributed by atoms with Crippen molar-refractivity contribution in [2.24, 2.45) is 0 Å². The van der Waals surface area contributed by atoms with E-state index in [4.69, 9.17) is 52.1 Å². The van der Waals surface area contributed by atoms with Crippen molar-refractivity contribution < 1.29 is 144 Å². The van der Waals surface area contributed by atoms with Crippen LogP contribution in [0.5, 0.6) is 0 Å². The molecular weight excluding hydrogens is 896 g/mol. The van der Waals surface area contributed by atoms with Gasteiger partial charge in [0.2, 0.25) is 0 Å². The predicted octanol–water partition coefficient (Wildman–Crippen LogP) is -12.0.